The van der Waals surface area contributed by atoms with Gasteiger partial charge in [-0.05, 0) is 37.3 Å². The molecule has 0 radical (unpaired) electrons. The number of rotatable bonds is 8. The average Bonchev–Trinajstić information content (AvgIpc) is 2.43. The Bertz CT molecular complexity index is 534. The van der Waals surface area contributed by atoms with E-state index in [1.165, 1.54) is 6.07 Å². The molecular formula is C16H22O5. The largest absolute Gasteiger partial charge is 0.508 e. The maximum absolute atomic E-state index is 11.6. The van der Waals surface area contributed by atoms with Crippen LogP contribution in [0.15, 0.2) is 6.07 Å². The summed E-state index contributed by atoms with van der Waals surface area (Å²) in [5, 5.41) is 28.8. The first-order valence-corrected chi connectivity index (χ1v) is 7.28. The summed E-state index contributed by atoms with van der Waals surface area (Å²) in [5.74, 6) is -2.62. The summed E-state index contributed by atoms with van der Waals surface area (Å²) in [6, 6.07) is 1.19. The summed E-state index contributed by atoms with van der Waals surface area (Å²) in [7, 11) is 0. The molecule has 0 saturated carbocycles. The molecule has 0 aromatic heterocycles. The van der Waals surface area contributed by atoms with Gasteiger partial charge in [0.2, 0.25) is 0 Å². The third kappa shape index (κ3) is 3.97. The number of benzene rings is 1. The van der Waals surface area contributed by atoms with Crippen molar-refractivity contribution in [2.75, 3.05) is 0 Å². The Morgan fingerprint density at radius 3 is 1.90 bits per heavy atom. The molecule has 5 nitrogen and oxygen atoms in total. The Morgan fingerprint density at radius 1 is 0.952 bits per heavy atom. The molecule has 0 aliphatic rings. The van der Waals surface area contributed by atoms with Crippen LogP contribution in [0.1, 0.15) is 71.4 Å². The SMILES string of the molecule is CCCCc1c(O)cc(C(=O)O)c(CCCC)c1C(=O)O. The second kappa shape index (κ2) is 7.67. The predicted octanol–water partition coefficient (Wildman–Crippen LogP) is 3.47. The maximum Gasteiger partial charge on any atom is 0.336 e. The number of unbranched alkanes of at least 4 members (excludes halogenated alkanes) is 2. The van der Waals surface area contributed by atoms with Crippen LogP contribution in [-0.4, -0.2) is 27.3 Å². The van der Waals surface area contributed by atoms with E-state index in [9.17, 15) is 24.9 Å². The van der Waals surface area contributed by atoms with E-state index in [-0.39, 0.29) is 16.9 Å². The van der Waals surface area contributed by atoms with Crippen molar-refractivity contribution in [3.8, 4) is 5.75 Å². The molecular weight excluding hydrogens is 272 g/mol. The van der Waals surface area contributed by atoms with Gasteiger partial charge in [0, 0.05) is 5.56 Å². The smallest absolute Gasteiger partial charge is 0.336 e. The van der Waals surface area contributed by atoms with Crippen LogP contribution in [-0.2, 0) is 12.8 Å². The number of phenolic OH excluding ortho intramolecular Hbond substituents is 1. The molecule has 0 saturated heterocycles. The normalized spacial score (nSPS) is 10.6. The van der Waals surface area contributed by atoms with Gasteiger partial charge in [-0.1, -0.05) is 26.7 Å². The minimum Gasteiger partial charge on any atom is -0.508 e. The van der Waals surface area contributed by atoms with Crippen molar-refractivity contribution < 1.29 is 24.9 Å². The van der Waals surface area contributed by atoms with Crippen LogP contribution in [0.2, 0.25) is 0 Å². The highest BCUT2D eigenvalue weighted by molar-refractivity contribution is 5.98. The zero-order valence-electron chi connectivity index (χ0n) is 12.5. The molecule has 0 spiro atoms. The molecule has 0 heterocycles. The van der Waals surface area contributed by atoms with Gasteiger partial charge in [0.15, 0.2) is 0 Å². The van der Waals surface area contributed by atoms with Crippen molar-refractivity contribution in [2.24, 2.45) is 0 Å². The molecule has 0 aliphatic carbocycles. The van der Waals surface area contributed by atoms with Gasteiger partial charge in [0.05, 0.1) is 11.1 Å². The Labute approximate surface area is 124 Å². The first-order valence-electron chi connectivity index (χ1n) is 7.28. The van der Waals surface area contributed by atoms with E-state index in [2.05, 4.69) is 0 Å². The summed E-state index contributed by atoms with van der Waals surface area (Å²) >= 11 is 0. The van der Waals surface area contributed by atoms with Gasteiger partial charge in [0.1, 0.15) is 5.75 Å². The number of carboxylic acid groups (broad SMARTS) is 2. The number of aromatic hydroxyl groups is 1. The highest BCUT2D eigenvalue weighted by Gasteiger charge is 2.24. The third-order valence-corrected chi connectivity index (χ3v) is 3.52. The molecule has 21 heavy (non-hydrogen) atoms. The Kier molecular flexibility index (Phi) is 6.21. The molecule has 3 N–H and O–H groups in total. The molecule has 0 amide bonds. The molecule has 1 rings (SSSR count). The minimum atomic E-state index is -1.21. The fourth-order valence-electron chi connectivity index (χ4n) is 2.42. The lowest BCUT2D eigenvalue weighted by Gasteiger charge is -2.16. The van der Waals surface area contributed by atoms with Crippen LogP contribution in [0, 0.1) is 0 Å². The number of aromatic carboxylic acids is 2. The third-order valence-electron chi connectivity index (χ3n) is 3.52. The van der Waals surface area contributed by atoms with E-state index in [0.29, 0.717) is 30.4 Å². The highest BCUT2D eigenvalue weighted by atomic mass is 16.4. The number of phenols is 1. The van der Waals surface area contributed by atoms with Gasteiger partial charge in [0.25, 0.3) is 0 Å². The van der Waals surface area contributed by atoms with Crippen LogP contribution in [0.5, 0.6) is 5.75 Å². The number of carboxylic acids is 2. The van der Waals surface area contributed by atoms with Crippen molar-refractivity contribution in [2.45, 2.75) is 52.4 Å². The molecule has 0 fully saturated rings. The van der Waals surface area contributed by atoms with Crippen molar-refractivity contribution in [1.82, 2.24) is 0 Å². The van der Waals surface area contributed by atoms with Gasteiger partial charge in [-0.2, -0.15) is 0 Å². The van der Waals surface area contributed by atoms with E-state index < -0.39 is 11.9 Å². The van der Waals surface area contributed by atoms with Crippen LogP contribution in [0.3, 0.4) is 0 Å². The van der Waals surface area contributed by atoms with Crippen LogP contribution in [0.4, 0.5) is 0 Å². The molecule has 116 valence electrons. The predicted molar refractivity (Wildman–Crippen MR) is 79.2 cm³/mol. The Morgan fingerprint density at radius 2 is 1.48 bits per heavy atom. The van der Waals surface area contributed by atoms with Crippen molar-refractivity contribution in [3.63, 3.8) is 0 Å². The molecule has 0 bridgehead atoms. The number of hydrogen-bond donors (Lipinski definition) is 3. The van der Waals surface area contributed by atoms with Crippen molar-refractivity contribution in [1.29, 1.82) is 0 Å². The summed E-state index contributed by atoms with van der Waals surface area (Å²) in [4.78, 5) is 22.9. The number of hydrogen-bond acceptors (Lipinski definition) is 3. The lowest BCUT2D eigenvalue weighted by Crippen LogP contribution is -2.14. The first kappa shape index (κ1) is 17.0. The van der Waals surface area contributed by atoms with E-state index in [4.69, 9.17) is 0 Å². The quantitative estimate of drug-likeness (QED) is 0.682. The topological polar surface area (TPSA) is 94.8 Å². The van der Waals surface area contributed by atoms with Crippen LogP contribution in [0.25, 0.3) is 0 Å². The average molecular weight is 294 g/mol. The second-order valence-electron chi connectivity index (χ2n) is 5.09. The highest BCUT2D eigenvalue weighted by Crippen LogP contribution is 2.31. The van der Waals surface area contributed by atoms with Crippen molar-refractivity contribution in [3.05, 3.63) is 28.3 Å². The van der Waals surface area contributed by atoms with E-state index in [1.54, 1.807) is 0 Å². The minimum absolute atomic E-state index is 0.0331. The molecule has 1 aromatic rings. The zero-order valence-corrected chi connectivity index (χ0v) is 12.5. The lowest BCUT2D eigenvalue weighted by atomic mass is 9.89. The maximum atomic E-state index is 11.6. The molecule has 1 aromatic carbocycles. The zero-order chi connectivity index (χ0) is 16.0. The van der Waals surface area contributed by atoms with E-state index >= 15 is 0 Å². The lowest BCUT2D eigenvalue weighted by molar-refractivity contribution is 0.0693. The van der Waals surface area contributed by atoms with E-state index in [0.717, 1.165) is 19.3 Å². The Balaban J connectivity index is 3.51. The fraction of sp³-hybridized carbons (Fsp3) is 0.500. The molecule has 0 aliphatic heterocycles. The van der Waals surface area contributed by atoms with Crippen LogP contribution >= 0.6 is 0 Å². The van der Waals surface area contributed by atoms with Gasteiger partial charge >= 0.3 is 11.9 Å². The van der Waals surface area contributed by atoms with Gasteiger partial charge in [-0.3, -0.25) is 0 Å². The summed E-state index contributed by atoms with van der Waals surface area (Å²) in [5.41, 5.74) is 0.522. The fourth-order valence-corrected chi connectivity index (χ4v) is 2.42. The molecule has 5 heteroatoms. The number of carbonyl (C=O) groups is 2. The van der Waals surface area contributed by atoms with Crippen LogP contribution < -0.4 is 0 Å². The summed E-state index contributed by atoms with van der Waals surface area (Å²) in [6.45, 7) is 3.93. The van der Waals surface area contributed by atoms with Crippen molar-refractivity contribution >= 4 is 11.9 Å². The first-order chi connectivity index (χ1) is 9.93. The van der Waals surface area contributed by atoms with E-state index in [1.807, 2.05) is 13.8 Å². The summed E-state index contributed by atoms with van der Waals surface area (Å²) in [6.07, 6.45) is 3.97. The summed E-state index contributed by atoms with van der Waals surface area (Å²) < 4.78 is 0. The monoisotopic (exact) mass is 294 g/mol. The van der Waals surface area contributed by atoms with Gasteiger partial charge in [-0.25, -0.2) is 9.59 Å². The molecule has 0 atom stereocenters. The Hall–Kier alpha value is -2.04. The van der Waals surface area contributed by atoms with Gasteiger partial charge in [-0.15, -0.1) is 0 Å². The van der Waals surface area contributed by atoms with Gasteiger partial charge < -0.3 is 15.3 Å². The second-order valence-corrected chi connectivity index (χ2v) is 5.09. The standard InChI is InChI=1S/C16H22O5/c1-3-5-7-10-12(15(18)19)9-13(17)11(8-6-4-2)14(10)16(20)21/h9,17H,3-8H2,1-2H3,(H,18,19)(H,20,21). The molecule has 0 unspecified atom stereocenters.